The molecule has 174 valence electrons. The average Bonchev–Trinajstić information content (AvgIpc) is 2.79. The lowest BCUT2D eigenvalue weighted by Gasteiger charge is -2.20. The maximum absolute atomic E-state index is 12.5. The Kier molecular flexibility index (Phi) is 8.22. The number of aliphatic hydroxyl groups excluding tert-OH is 1. The number of amides is 2. The van der Waals surface area contributed by atoms with Gasteiger partial charge in [0.25, 0.3) is 5.91 Å². The minimum atomic E-state index is -1.07. The van der Waals surface area contributed by atoms with Crippen LogP contribution in [-0.4, -0.2) is 59.7 Å². The lowest BCUT2D eigenvalue weighted by molar-refractivity contribution is -0.137. The van der Waals surface area contributed by atoms with Crippen molar-refractivity contribution in [2.45, 2.75) is 18.6 Å². The molecule has 0 aromatic heterocycles. The topological polar surface area (TPSA) is 152 Å². The standard InChI is InChI=1S/C22H24ClN5O5/c23-15-6-4-13(5-7-15)18(9-20(31)32)28-19(30)12-24-21(33)14-2-1-3-16(8-14)27-22-25-10-17(29)11-26-22/h1-8,17-18,29H,9-12H2,(H,24,33)(H,28,30)(H,31,32)(H2,25,26,27). The van der Waals surface area contributed by atoms with Gasteiger partial charge in [0.1, 0.15) is 0 Å². The second-order valence-corrected chi connectivity index (χ2v) is 7.82. The number of carboxylic acid groups (broad SMARTS) is 1. The number of aliphatic imine (C=N–C) groups is 1. The second-order valence-electron chi connectivity index (χ2n) is 7.38. The van der Waals surface area contributed by atoms with Gasteiger partial charge >= 0.3 is 5.97 Å². The molecule has 2 unspecified atom stereocenters. The minimum absolute atomic E-state index is 0.281. The largest absolute Gasteiger partial charge is 0.481 e. The monoisotopic (exact) mass is 473 g/mol. The third-order valence-corrected chi connectivity index (χ3v) is 5.00. The summed E-state index contributed by atoms with van der Waals surface area (Å²) in [6.07, 6.45) is -0.849. The molecule has 2 aromatic rings. The van der Waals surface area contributed by atoms with E-state index >= 15 is 0 Å². The van der Waals surface area contributed by atoms with E-state index in [0.29, 0.717) is 34.3 Å². The first kappa shape index (κ1) is 24.0. The molecule has 1 aliphatic heterocycles. The van der Waals surface area contributed by atoms with Crippen molar-refractivity contribution in [1.29, 1.82) is 0 Å². The summed E-state index contributed by atoms with van der Waals surface area (Å²) in [5, 5.41) is 30.2. The van der Waals surface area contributed by atoms with Gasteiger partial charge in [0.15, 0.2) is 5.96 Å². The predicted molar refractivity (Wildman–Crippen MR) is 123 cm³/mol. The first-order chi connectivity index (χ1) is 15.8. The van der Waals surface area contributed by atoms with Crippen LogP contribution in [0.2, 0.25) is 5.02 Å². The van der Waals surface area contributed by atoms with Gasteiger partial charge in [0.05, 0.1) is 31.7 Å². The van der Waals surface area contributed by atoms with Crippen LogP contribution in [0.1, 0.15) is 28.4 Å². The Morgan fingerprint density at radius 3 is 2.61 bits per heavy atom. The lowest BCUT2D eigenvalue weighted by Crippen LogP contribution is -2.42. The number of halogens is 1. The molecule has 11 heteroatoms. The summed E-state index contributed by atoms with van der Waals surface area (Å²) < 4.78 is 0. The highest BCUT2D eigenvalue weighted by molar-refractivity contribution is 6.30. The number of anilines is 1. The fourth-order valence-electron chi connectivity index (χ4n) is 3.12. The van der Waals surface area contributed by atoms with Crippen LogP contribution >= 0.6 is 11.6 Å². The summed E-state index contributed by atoms with van der Waals surface area (Å²) in [6, 6.07) is 12.4. The molecule has 10 nitrogen and oxygen atoms in total. The Hall–Kier alpha value is -3.63. The van der Waals surface area contributed by atoms with Crippen molar-refractivity contribution in [2.75, 3.05) is 25.0 Å². The Bertz CT molecular complexity index is 1040. The van der Waals surface area contributed by atoms with Gasteiger partial charge in [-0.15, -0.1) is 0 Å². The van der Waals surface area contributed by atoms with E-state index in [0.717, 1.165) is 0 Å². The van der Waals surface area contributed by atoms with E-state index in [9.17, 15) is 19.5 Å². The van der Waals surface area contributed by atoms with Crippen molar-refractivity contribution in [1.82, 2.24) is 16.0 Å². The van der Waals surface area contributed by atoms with Crippen molar-refractivity contribution >= 4 is 41.0 Å². The number of nitrogens with one attached hydrogen (secondary N) is 4. The summed E-state index contributed by atoms with van der Waals surface area (Å²) >= 11 is 5.87. The number of guanidine groups is 1. The molecule has 33 heavy (non-hydrogen) atoms. The molecule has 2 aromatic carbocycles. The SMILES string of the molecule is O=C(O)CC(NC(=O)CNC(=O)c1cccc(NC2=NCC(O)CN2)c1)c1ccc(Cl)cc1. The number of carbonyl (C=O) groups excluding carboxylic acids is 2. The summed E-state index contributed by atoms with van der Waals surface area (Å²) in [7, 11) is 0. The molecule has 0 fully saturated rings. The van der Waals surface area contributed by atoms with Crippen LogP contribution in [0, 0.1) is 0 Å². The van der Waals surface area contributed by atoms with E-state index in [1.807, 2.05) is 0 Å². The number of carbonyl (C=O) groups is 3. The minimum Gasteiger partial charge on any atom is -0.481 e. The summed E-state index contributed by atoms with van der Waals surface area (Å²) in [6.45, 7) is 0.329. The van der Waals surface area contributed by atoms with Crippen molar-refractivity contribution in [2.24, 2.45) is 4.99 Å². The molecule has 0 saturated carbocycles. The van der Waals surface area contributed by atoms with Crippen molar-refractivity contribution < 1.29 is 24.6 Å². The normalized spacial score (nSPS) is 16.1. The smallest absolute Gasteiger partial charge is 0.305 e. The molecule has 3 rings (SSSR count). The number of aliphatic hydroxyl groups is 1. The molecule has 0 spiro atoms. The number of hydrogen-bond donors (Lipinski definition) is 6. The summed E-state index contributed by atoms with van der Waals surface area (Å²) in [5.74, 6) is -1.58. The highest BCUT2D eigenvalue weighted by Gasteiger charge is 2.19. The van der Waals surface area contributed by atoms with Crippen LogP contribution in [0.3, 0.4) is 0 Å². The molecule has 2 atom stereocenters. The van der Waals surface area contributed by atoms with E-state index in [1.165, 1.54) is 0 Å². The maximum atomic E-state index is 12.5. The third kappa shape index (κ3) is 7.48. The fraction of sp³-hybridized carbons (Fsp3) is 0.273. The quantitative estimate of drug-likeness (QED) is 0.336. The molecule has 0 aliphatic carbocycles. The Morgan fingerprint density at radius 1 is 1.18 bits per heavy atom. The molecule has 2 amide bonds. The Balaban J connectivity index is 1.56. The fourth-order valence-corrected chi connectivity index (χ4v) is 3.25. The van der Waals surface area contributed by atoms with Gasteiger partial charge in [-0.05, 0) is 35.9 Å². The van der Waals surface area contributed by atoms with Gasteiger partial charge in [-0.3, -0.25) is 19.4 Å². The highest BCUT2D eigenvalue weighted by atomic mass is 35.5. The van der Waals surface area contributed by atoms with Gasteiger partial charge < -0.3 is 31.5 Å². The van der Waals surface area contributed by atoms with Crippen molar-refractivity contribution in [3.05, 3.63) is 64.7 Å². The first-order valence-electron chi connectivity index (χ1n) is 10.2. The molecular weight excluding hydrogens is 450 g/mol. The van der Waals surface area contributed by atoms with Gasteiger partial charge in [-0.1, -0.05) is 29.8 Å². The molecule has 1 aliphatic rings. The zero-order valence-corrected chi connectivity index (χ0v) is 18.3. The first-order valence-corrected chi connectivity index (χ1v) is 10.6. The molecule has 0 bridgehead atoms. The average molecular weight is 474 g/mol. The maximum Gasteiger partial charge on any atom is 0.305 e. The number of aliphatic carboxylic acids is 1. The van der Waals surface area contributed by atoms with E-state index in [2.05, 4.69) is 26.3 Å². The summed E-state index contributed by atoms with van der Waals surface area (Å²) in [4.78, 5) is 40.2. The van der Waals surface area contributed by atoms with Crippen LogP contribution in [0.4, 0.5) is 5.69 Å². The van der Waals surface area contributed by atoms with Gasteiger partial charge in [-0.2, -0.15) is 0 Å². The van der Waals surface area contributed by atoms with Crippen LogP contribution in [0.5, 0.6) is 0 Å². The number of β-amino-alcohol motifs (C(OH)–C–C–N with tert-alkyl or cyclic N) is 1. The molecular formula is C22H24ClN5O5. The molecule has 1 heterocycles. The van der Waals surface area contributed by atoms with Crippen molar-refractivity contribution in [3.63, 3.8) is 0 Å². The van der Waals surface area contributed by atoms with Crippen LogP contribution in [0.15, 0.2) is 53.5 Å². The van der Waals surface area contributed by atoms with E-state index < -0.39 is 29.9 Å². The van der Waals surface area contributed by atoms with Crippen LogP contribution < -0.4 is 21.3 Å². The van der Waals surface area contributed by atoms with E-state index in [-0.39, 0.29) is 19.5 Å². The predicted octanol–water partition coefficient (Wildman–Crippen LogP) is 1.13. The highest BCUT2D eigenvalue weighted by Crippen LogP contribution is 2.19. The molecule has 6 N–H and O–H groups in total. The van der Waals surface area contributed by atoms with Gasteiger partial charge in [0.2, 0.25) is 5.91 Å². The zero-order valence-electron chi connectivity index (χ0n) is 17.5. The van der Waals surface area contributed by atoms with E-state index in [1.54, 1.807) is 48.5 Å². The third-order valence-electron chi connectivity index (χ3n) is 4.75. The Morgan fingerprint density at radius 2 is 1.94 bits per heavy atom. The second kappa shape index (κ2) is 11.3. The van der Waals surface area contributed by atoms with Gasteiger partial charge in [-0.25, -0.2) is 0 Å². The summed E-state index contributed by atoms with van der Waals surface area (Å²) in [5.41, 5.74) is 1.52. The zero-order chi connectivity index (χ0) is 23.8. The number of carboxylic acids is 1. The number of nitrogens with zero attached hydrogens (tertiary/aromatic N) is 1. The van der Waals surface area contributed by atoms with Crippen LogP contribution in [-0.2, 0) is 9.59 Å². The van der Waals surface area contributed by atoms with Gasteiger partial charge in [0, 0.05) is 22.8 Å². The number of rotatable bonds is 8. The lowest BCUT2D eigenvalue weighted by atomic mass is 10.0. The van der Waals surface area contributed by atoms with Crippen molar-refractivity contribution in [3.8, 4) is 0 Å². The number of hydrogen-bond acceptors (Lipinski definition) is 7. The van der Waals surface area contributed by atoms with E-state index in [4.69, 9.17) is 16.7 Å². The Labute approximate surface area is 195 Å². The number of benzene rings is 2. The molecule has 0 radical (unpaired) electrons. The van der Waals surface area contributed by atoms with Crippen LogP contribution in [0.25, 0.3) is 0 Å². The molecule has 0 saturated heterocycles.